The number of likely N-dealkylation sites (tertiary alicyclic amines) is 1. The smallest absolute Gasteiger partial charge is 0.328 e. The van der Waals surface area contributed by atoms with Crippen LogP contribution in [0.3, 0.4) is 0 Å². The topological polar surface area (TPSA) is 190 Å². The van der Waals surface area contributed by atoms with Gasteiger partial charge in [-0.2, -0.15) is 8.78 Å². The Morgan fingerprint density at radius 2 is 1.63 bits per heavy atom. The van der Waals surface area contributed by atoms with Crippen molar-refractivity contribution in [3.63, 3.8) is 0 Å². The highest BCUT2D eigenvalue weighted by Crippen LogP contribution is 2.38. The van der Waals surface area contributed by atoms with Crippen molar-refractivity contribution in [2.45, 2.75) is 82.2 Å². The van der Waals surface area contributed by atoms with Crippen molar-refractivity contribution >= 4 is 58.5 Å². The average molecular weight is 925 g/mol. The number of anilines is 4. The van der Waals surface area contributed by atoms with Gasteiger partial charge in [0.1, 0.15) is 11.8 Å². The lowest BCUT2D eigenvalue weighted by Crippen LogP contribution is -2.52. The molecule has 356 valence electrons. The number of methoxy groups -OCH3 is 1. The van der Waals surface area contributed by atoms with Crippen molar-refractivity contribution in [3.05, 3.63) is 77.1 Å². The molecule has 1 aromatic heterocycles. The third-order valence-corrected chi connectivity index (χ3v) is 13.8. The number of alkyl halides is 2. The first-order valence-corrected chi connectivity index (χ1v) is 23.1. The Balaban J connectivity index is 0.812. The van der Waals surface area contributed by atoms with Gasteiger partial charge in [-0.15, -0.1) is 0 Å². The van der Waals surface area contributed by atoms with E-state index in [4.69, 9.17) is 9.72 Å². The first-order chi connectivity index (χ1) is 32.2. The predicted octanol–water partition coefficient (Wildman–Crippen LogP) is 4.31. The summed E-state index contributed by atoms with van der Waals surface area (Å²) in [5.41, 5.74) is 3.83. The van der Waals surface area contributed by atoms with Crippen molar-refractivity contribution in [2.75, 3.05) is 82.1 Å². The van der Waals surface area contributed by atoms with Crippen LogP contribution in [0.1, 0.15) is 84.2 Å². The lowest BCUT2D eigenvalue weighted by atomic mass is 9.92. The van der Waals surface area contributed by atoms with E-state index in [-0.39, 0.29) is 60.1 Å². The molecule has 2 aromatic carbocycles. The highest BCUT2D eigenvalue weighted by atomic mass is 19.3. The summed E-state index contributed by atoms with van der Waals surface area (Å²) in [4.78, 5) is 94.3. The van der Waals surface area contributed by atoms with Gasteiger partial charge in [-0.1, -0.05) is 24.5 Å². The van der Waals surface area contributed by atoms with E-state index in [2.05, 4.69) is 30.7 Å². The summed E-state index contributed by atoms with van der Waals surface area (Å²) >= 11 is 0. The van der Waals surface area contributed by atoms with E-state index < -0.39 is 30.2 Å². The van der Waals surface area contributed by atoms with E-state index >= 15 is 0 Å². The summed E-state index contributed by atoms with van der Waals surface area (Å²) in [6, 6.07) is 11.4. The molecule has 0 radical (unpaired) electrons. The van der Waals surface area contributed by atoms with Gasteiger partial charge in [-0.05, 0) is 80.5 Å². The number of benzene rings is 2. The quantitative estimate of drug-likeness (QED) is 0.183. The largest absolute Gasteiger partial charge is 0.495 e. The van der Waals surface area contributed by atoms with Crippen molar-refractivity contribution in [3.8, 4) is 5.75 Å². The third kappa shape index (κ3) is 10.7. The van der Waals surface area contributed by atoms with Crippen molar-refractivity contribution in [2.24, 2.45) is 5.92 Å². The number of allylic oxidation sites excluding steroid dienone is 2. The number of piperazine rings is 1. The minimum absolute atomic E-state index is 0.0531. The van der Waals surface area contributed by atoms with Crippen LogP contribution in [0.25, 0.3) is 0 Å². The van der Waals surface area contributed by atoms with Gasteiger partial charge in [0, 0.05) is 95.5 Å². The molecule has 1 unspecified atom stereocenters. The number of nitrogens with one attached hydrogen (secondary N) is 3. The first-order valence-electron chi connectivity index (χ1n) is 23.1. The molecule has 5 heterocycles. The van der Waals surface area contributed by atoms with Gasteiger partial charge in [0.15, 0.2) is 0 Å². The summed E-state index contributed by atoms with van der Waals surface area (Å²) in [6.07, 6.45) is 8.16. The zero-order chi connectivity index (χ0) is 47.4. The van der Waals surface area contributed by atoms with Crippen molar-refractivity contribution in [1.29, 1.82) is 0 Å². The molecule has 5 aliphatic rings. The van der Waals surface area contributed by atoms with Gasteiger partial charge in [-0.25, -0.2) is 9.97 Å². The standard InChI is InChI=1S/C48H58F2N10O7/c1-56(34-17-20-60(21-18-34)42(62)29-58-22-24-59(25-23-58)35-11-8-31(9-12-35)43(63)52-37-14-15-41(61)55-44(37)64)45(65)33-10-13-36(40(27-33)67-3)53-47-51-28-39-38(54-47)26-32(30-6-4-5-7-30)16-19-48(49,50)46(66)57(39)2/h8-13,16,27-28,30,34,37H,4-7,14-15,17-26,29H2,1-3H3,(H,52,63)(H,51,53,54)(H,55,61,64)/b32-16-. The van der Waals surface area contributed by atoms with Gasteiger partial charge in [0.05, 0.1) is 36.9 Å². The second-order valence-electron chi connectivity index (χ2n) is 18.1. The molecule has 19 heteroatoms. The van der Waals surface area contributed by atoms with E-state index in [1.807, 2.05) is 17.0 Å². The summed E-state index contributed by atoms with van der Waals surface area (Å²) < 4.78 is 35.7. The molecule has 3 aromatic rings. The number of halogens is 2. The Hall–Kier alpha value is -6.50. The van der Waals surface area contributed by atoms with Gasteiger partial charge in [-0.3, -0.25) is 39.0 Å². The van der Waals surface area contributed by atoms with Crippen LogP contribution in [-0.4, -0.2) is 145 Å². The zero-order valence-corrected chi connectivity index (χ0v) is 38.2. The first kappa shape index (κ1) is 47.0. The number of carbonyl (C=O) groups is 6. The van der Waals surface area contributed by atoms with Gasteiger partial charge in [0.2, 0.25) is 23.7 Å². The summed E-state index contributed by atoms with van der Waals surface area (Å²) in [5, 5.41) is 8.11. The highest BCUT2D eigenvalue weighted by Gasteiger charge is 2.42. The van der Waals surface area contributed by atoms with Crippen LogP contribution >= 0.6 is 0 Å². The van der Waals surface area contributed by atoms with E-state index in [0.29, 0.717) is 93.3 Å². The van der Waals surface area contributed by atoms with E-state index in [1.54, 1.807) is 42.3 Å². The molecule has 4 fully saturated rings. The molecule has 3 saturated heterocycles. The van der Waals surface area contributed by atoms with Crippen LogP contribution < -0.4 is 30.5 Å². The number of hydrogen-bond acceptors (Lipinski definition) is 12. The fourth-order valence-corrected chi connectivity index (χ4v) is 9.73. The number of rotatable bonds is 11. The molecule has 0 bridgehead atoms. The average Bonchev–Trinajstić information content (AvgIpc) is 3.89. The number of fused-ring (bicyclic) bond motifs is 1. The van der Waals surface area contributed by atoms with Crippen LogP contribution in [0.5, 0.6) is 5.75 Å². The Kier molecular flexibility index (Phi) is 14.1. The van der Waals surface area contributed by atoms with E-state index in [1.165, 1.54) is 26.4 Å². The Bertz CT molecular complexity index is 2410. The number of piperidine rings is 2. The van der Waals surface area contributed by atoms with Crippen LogP contribution in [0.2, 0.25) is 0 Å². The summed E-state index contributed by atoms with van der Waals surface area (Å²) in [5.74, 6) is -5.49. The van der Waals surface area contributed by atoms with Gasteiger partial charge in [0.25, 0.3) is 17.7 Å². The van der Waals surface area contributed by atoms with Crippen LogP contribution in [0.4, 0.5) is 31.8 Å². The molecule has 17 nitrogen and oxygen atoms in total. The molecule has 6 amide bonds. The fourth-order valence-electron chi connectivity index (χ4n) is 9.73. The number of nitrogens with zero attached hydrogens (tertiary/aromatic N) is 7. The molecule has 1 atom stereocenters. The van der Waals surface area contributed by atoms with Gasteiger partial charge >= 0.3 is 5.92 Å². The molecule has 67 heavy (non-hydrogen) atoms. The lowest BCUT2D eigenvalue weighted by molar-refractivity contribution is -0.141. The normalized spacial score (nSPS) is 21.6. The lowest BCUT2D eigenvalue weighted by Gasteiger charge is -2.39. The van der Waals surface area contributed by atoms with Crippen LogP contribution in [-0.2, 0) is 25.6 Å². The number of ether oxygens (including phenoxy) is 1. The Morgan fingerprint density at radius 1 is 0.925 bits per heavy atom. The minimum Gasteiger partial charge on any atom is -0.495 e. The second kappa shape index (κ2) is 20.2. The molecular formula is C48H58F2N10O7. The predicted molar refractivity (Wildman–Crippen MR) is 245 cm³/mol. The van der Waals surface area contributed by atoms with Gasteiger partial charge < -0.3 is 35.0 Å². The highest BCUT2D eigenvalue weighted by molar-refractivity contribution is 6.04. The van der Waals surface area contributed by atoms with E-state index in [9.17, 15) is 37.5 Å². The number of imide groups is 1. The van der Waals surface area contributed by atoms with Crippen LogP contribution in [0.15, 0.2) is 60.3 Å². The zero-order valence-electron chi connectivity index (χ0n) is 38.2. The SMILES string of the molecule is COc1cc(C(=O)N(C)C2CCN(C(=O)CN3CCN(c4ccc(C(=O)NC5CCC(=O)NC5=O)cc4)CC3)CC2)ccc1Nc1ncc2c(n1)C/C(C1CCCC1)=C/CC(F)(F)C(=O)N2C. The monoisotopic (exact) mass is 924 g/mol. The van der Waals surface area contributed by atoms with E-state index in [0.717, 1.165) is 41.8 Å². The number of hydrogen-bond donors (Lipinski definition) is 3. The maximum absolute atomic E-state index is 15.0. The number of aromatic nitrogens is 2. The molecule has 0 spiro atoms. The molecule has 3 N–H and O–H groups in total. The fraction of sp³-hybridized carbons (Fsp3) is 0.500. The maximum Gasteiger partial charge on any atom is 0.328 e. The Morgan fingerprint density at radius 3 is 2.31 bits per heavy atom. The summed E-state index contributed by atoms with van der Waals surface area (Å²) in [7, 11) is 4.58. The molecule has 8 rings (SSSR count). The molecule has 4 aliphatic heterocycles. The van der Waals surface area contributed by atoms with Crippen LogP contribution in [0, 0.1) is 5.92 Å². The number of carbonyl (C=O) groups excluding carboxylic acids is 6. The second-order valence-corrected chi connectivity index (χ2v) is 18.1. The molecular weight excluding hydrogens is 867 g/mol. The Labute approximate surface area is 388 Å². The molecule has 1 aliphatic carbocycles. The van der Waals surface area contributed by atoms with Crippen molar-refractivity contribution in [1.82, 2.24) is 35.3 Å². The maximum atomic E-state index is 15.0. The minimum atomic E-state index is -3.55. The molecule has 1 saturated carbocycles. The number of amides is 6. The summed E-state index contributed by atoms with van der Waals surface area (Å²) in [6.45, 7) is 4.16. The third-order valence-electron chi connectivity index (χ3n) is 13.8. The van der Waals surface area contributed by atoms with Crippen molar-refractivity contribution < 1.29 is 42.3 Å².